The van der Waals surface area contributed by atoms with Gasteiger partial charge < -0.3 is 25.1 Å². The Morgan fingerprint density at radius 2 is 1.82 bits per heavy atom. The SMILES string of the molecule is CCC(C)C(C(N)=O)N1CC(c2ccc3c(c2)OCO3)C(C(=O)O)C1c1ccc(OC)cc1. The van der Waals surface area contributed by atoms with Crippen molar-refractivity contribution in [1.29, 1.82) is 0 Å². The Hall–Kier alpha value is -3.26. The normalized spacial score (nSPS) is 23.8. The lowest BCUT2D eigenvalue weighted by Crippen LogP contribution is -2.49. The zero-order valence-corrected chi connectivity index (χ0v) is 19.1. The van der Waals surface area contributed by atoms with E-state index in [0.717, 1.165) is 17.5 Å². The van der Waals surface area contributed by atoms with Crippen molar-refractivity contribution in [2.75, 3.05) is 20.4 Å². The number of carboxylic acids is 1. The van der Waals surface area contributed by atoms with E-state index in [1.165, 1.54) is 0 Å². The number of nitrogens with two attached hydrogens (primary N) is 1. The van der Waals surface area contributed by atoms with Crippen LogP contribution in [0.1, 0.15) is 43.4 Å². The van der Waals surface area contributed by atoms with Gasteiger partial charge in [-0.05, 0) is 41.3 Å². The molecule has 2 heterocycles. The molecule has 0 spiro atoms. The summed E-state index contributed by atoms with van der Waals surface area (Å²) >= 11 is 0. The summed E-state index contributed by atoms with van der Waals surface area (Å²) in [5, 5.41) is 10.4. The van der Waals surface area contributed by atoms with E-state index in [1.54, 1.807) is 7.11 Å². The van der Waals surface area contributed by atoms with Crippen molar-refractivity contribution in [3.63, 3.8) is 0 Å². The first kappa shape index (κ1) is 22.9. The van der Waals surface area contributed by atoms with Gasteiger partial charge in [-0.25, -0.2) is 0 Å². The number of likely N-dealkylation sites (tertiary alicyclic amines) is 1. The molecule has 2 aliphatic rings. The number of fused-ring (bicyclic) bond motifs is 1. The zero-order chi connectivity index (χ0) is 23.7. The summed E-state index contributed by atoms with van der Waals surface area (Å²) in [5.41, 5.74) is 7.51. The maximum absolute atomic E-state index is 12.7. The van der Waals surface area contributed by atoms with Gasteiger partial charge in [0.1, 0.15) is 5.75 Å². The van der Waals surface area contributed by atoms with Gasteiger partial charge >= 0.3 is 5.97 Å². The van der Waals surface area contributed by atoms with E-state index >= 15 is 0 Å². The molecule has 0 aliphatic carbocycles. The largest absolute Gasteiger partial charge is 0.497 e. The van der Waals surface area contributed by atoms with E-state index in [1.807, 2.05) is 61.2 Å². The van der Waals surface area contributed by atoms with Crippen molar-refractivity contribution >= 4 is 11.9 Å². The molecule has 2 aliphatic heterocycles. The molecule has 2 aromatic carbocycles. The summed E-state index contributed by atoms with van der Waals surface area (Å²) in [6.07, 6.45) is 0.742. The van der Waals surface area contributed by atoms with Crippen molar-refractivity contribution in [1.82, 2.24) is 4.90 Å². The quantitative estimate of drug-likeness (QED) is 0.630. The monoisotopic (exact) mass is 454 g/mol. The van der Waals surface area contributed by atoms with Crippen LogP contribution in [0.2, 0.25) is 0 Å². The van der Waals surface area contributed by atoms with Crippen molar-refractivity contribution in [2.45, 2.75) is 38.3 Å². The molecule has 33 heavy (non-hydrogen) atoms. The number of methoxy groups -OCH3 is 1. The molecule has 5 atom stereocenters. The molecule has 0 radical (unpaired) electrons. The fourth-order valence-electron chi connectivity index (χ4n) is 5.12. The maximum Gasteiger partial charge on any atom is 0.309 e. The topological polar surface area (TPSA) is 111 Å². The smallest absolute Gasteiger partial charge is 0.309 e. The second-order valence-corrected chi connectivity index (χ2v) is 8.73. The highest BCUT2D eigenvalue weighted by Crippen LogP contribution is 2.49. The van der Waals surface area contributed by atoms with Crippen LogP contribution in [0.15, 0.2) is 42.5 Å². The number of hydrogen-bond donors (Lipinski definition) is 2. The lowest BCUT2D eigenvalue weighted by molar-refractivity contribution is -0.144. The summed E-state index contributed by atoms with van der Waals surface area (Å²) in [6.45, 7) is 4.50. The fraction of sp³-hybridized carbons (Fsp3) is 0.440. The number of primary amides is 1. The van der Waals surface area contributed by atoms with Crippen LogP contribution >= 0.6 is 0 Å². The number of rotatable bonds is 8. The molecule has 1 saturated heterocycles. The summed E-state index contributed by atoms with van der Waals surface area (Å²) in [6, 6.07) is 11.8. The third-order valence-electron chi connectivity index (χ3n) is 6.94. The first-order valence-corrected chi connectivity index (χ1v) is 11.2. The van der Waals surface area contributed by atoms with Crippen molar-refractivity contribution < 1.29 is 28.9 Å². The summed E-state index contributed by atoms with van der Waals surface area (Å²) in [4.78, 5) is 27.3. The van der Waals surface area contributed by atoms with Crippen LogP contribution in [0.5, 0.6) is 17.2 Å². The van der Waals surface area contributed by atoms with E-state index in [2.05, 4.69) is 0 Å². The fourth-order valence-corrected chi connectivity index (χ4v) is 5.12. The van der Waals surface area contributed by atoms with Crippen molar-refractivity contribution in [3.05, 3.63) is 53.6 Å². The Labute approximate surface area is 193 Å². The van der Waals surface area contributed by atoms with E-state index in [-0.39, 0.29) is 18.6 Å². The molecular formula is C25H30N2O6. The first-order chi connectivity index (χ1) is 15.8. The standard InChI is InChI=1S/C25H30N2O6/c1-4-14(2)22(24(26)28)27-12-18(16-7-10-19-20(11-16)33-13-32-19)21(25(29)30)23(27)15-5-8-17(31-3)9-6-15/h5-11,14,18,21-23H,4,12-13H2,1-3H3,(H2,26,28)(H,29,30). The number of hydrogen-bond acceptors (Lipinski definition) is 6. The molecule has 0 aromatic heterocycles. The van der Waals surface area contributed by atoms with Gasteiger partial charge in [0.15, 0.2) is 11.5 Å². The van der Waals surface area contributed by atoms with Gasteiger partial charge in [0.25, 0.3) is 0 Å². The molecule has 1 fully saturated rings. The second-order valence-electron chi connectivity index (χ2n) is 8.73. The number of carbonyl (C=O) groups excluding carboxylic acids is 1. The number of ether oxygens (including phenoxy) is 3. The highest BCUT2D eigenvalue weighted by Gasteiger charge is 2.51. The third kappa shape index (κ3) is 4.23. The molecule has 176 valence electrons. The number of benzene rings is 2. The van der Waals surface area contributed by atoms with Gasteiger partial charge in [-0.2, -0.15) is 0 Å². The highest BCUT2D eigenvalue weighted by atomic mass is 16.7. The number of carboxylic acid groups (broad SMARTS) is 1. The lowest BCUT2D eigenvalue weighted by Gasteiger charge is -2.35. The van der Waals surface area contributed by atoms with Gasteiger partial charge in [0.05, 0.1) is 19.1 Å². The molecular weight excluding hydrogens is 424 g/mol. The van der Waals surface area contributed by atoms with E-state index in [4.69, 9.17) is 19.9 Å². The molecule has 8 nitrogen and oxygen atoms in total. The molecule has 0 saturated carbocycles. The Morgan fingerprint density at radius 3 is 2.42 bits per heavy atom. The van der Waals surface area contributed by atoms with Gasteiger partial charge in [0.2, 0.25) is 12.7 Å². The molecule has 3 N–H and O–H groups in total. The van der Waals surface area contributed by atoms with E-state index < -0.39 is 29.9 Å². The molecule has 0 bridgehead atoms. The van der Waals surface area contributed by atoms with Gasteiger partial charge in [-0.15, -0.1) is 0 Å². The van der Waals surface area contributed by atoms with Crippen LogP contribution in [0.3, 0.4) is 0 Å². The Morgan fingerprint density at radius 1 is 1.15 bits per heavy atom. The number of nitrogens with zero attached hydrogens (tertiary/aromatic N) is 1. The van der Waals surface area contributed by atoms with Crippen LogP contribution in [0, 0.1) is 11.8 Å². The van der Waals surface area contributed by atoms with Crippen LogP contribution in [-0.4, -0.2) is 48.4 Å². The van der Waals surface area contributed by atoms with E-state index in [0.29, 0.717) is 23.8 Å². The third-order valence-corrected chi connectivity index (χ3v) is 6.94. The molecule has 4 rings (SSSR count). The Kier molecular flexibility index (Phi) is 6.47. The van der Waals surface area contributed by atoms with Crippen LogP contribution in [-0.2, 0) is 9.59 Å². The van der Waals surface area contributed by atoms with Crippen LogP contribution < -0.4 is 19.9 Å². The predicted octanol–water partition coefficient (Wildman–Crippen LogP) is 3.17. The molecule has 2 aromatic rings. The minimum absolute atomic E-state index is 0.0341. The van der Waals surface area contributed by atoms with Gasteiger partial charge in [-0.3, -0.25) is 14.5 Å². The average molecular weight is 455 g/mol. The highest BCUT2D eigenvalue weighted by molar-refractivity contribution is 5.81. The number of aliphatic carboxylic acids is 1. The molecule has 1 amide bonds. The first-order valence-electron chi connectivity index (χ1n) is 11.2. The summed E-state index contributed by atoms with van der Waals surface area (Å²) in [7, 11) is 1.58. The van der Waals surface area contributed by atoms with E-state index in [9.17, 15) is 14.7 Å². The number of amides is 1. The van der Waals surface area contributed by atoms with Crippen LogP contribution in [0.4, 0.5) is 0 Å². The van der Waals surface area contributed by atoms with Crippen LogP contribution in [0.25, 0.3) is 0 Å². The minimum Gasteiger partial charge on any atom is -0.497 e. The predicted molar refractivity (Wildman–Crippen MR) is 121 cm³/mol. The lowest BCUT2D eigenvalue weighted by atomic mass is 9.82. The Bertz CT molecular complexity index is 1020. The van der Waals surface area contributed by atoms with Crippen molar-refractivity contribution in [3.8, 4) is 17.2 Å². The van der Waals surface area contributed by atoms with Gasteiger partial charge in [0, 0.05) is 18.5 Å². The summed E-state index contributed by atoms with van der Waals surface area (Å²) in [5.74, 6) is -0.637. The Balaban J connectivity index is 1.82. The maximum atomic E-state index is 12.7. The minimum atomic E-state index is -0.923. The molecule has 5 unspecified atom stereocenters. The van der Waals surface area contributed by atoms with Crippen molar-refractivity contribution in [2.24, 2.45) is 17.6 Å². The zero-order valence-electron chi connectivity index (χ0n) is 19.1. The summed E-state index contributed by atoms with van der Waals surface area (Å²) < 4.78 is 16.2. The molecule has 8 heteroatoms. The average Bonchev–Trinajstić information content (AvgIpc) is 3.43. The van der Waals surface area contributed by atoms with Gasteiger partial charge in [-0.1, -0.05) is 38.5 Å². The number of carbonyl (C=O) groups is 2. The second kappa shape index (κ2) is 9.31.